The van der Waals surface area contributed by atoms with Gasteiger partial charge in [0.15, 0.2) is 0 Å². The first-order chi connectivity index (χ1) is 8.94. The lowest BCUT2D eigenvalue weighted by atomic mass is 10.0. The van der Waals surface area contributed by atoms with Crippen molar-refractivity contribution in [1.29, 1.82) is 0 Å². The molecule has 108 valence electrons. The Labute approximate surface area is 110 Å². The van der Waals surface area contributed by atoms with E-state index >= 15 is 0 Å². The fourth-order valence-electron chi connectivity index (χ4n) is 2.37. The van der Waals surface area contributed by atoms with Crippen molar-refractivity contribution in [3.63, 3.8) is 0 Å². The summed E-state index contributed by atoms with van der Waals surface area (Å²) in [4.78, 5) is 1.47. The molecule has 0 bridgehead atoms. The van der Waals surface area contributed by atoms with E-state index in [2.05, 4.69) is 10.4 Å². The van der Waals surface area contributed by atoms with Crippen molar-refractivity contribution in [1.82, 2.24) is 20.0 Å². The third-order valence-corrected chi connectivity index (χ3v) is 3.48. The molecule has 19 heavy (non-hydrogen) atoms. The minimum atomic E-state index is -4.09. The number of hydrogen-bond acceptors (Lipinski definition) is 3. The molecule has 7 heteroatoms. The van der Waals surface area contributed by atoms with Crippen LogP contribution in [0, 0.1) is 0 Å². The van der Waals surface area contributed by atoms with Crippen molar-refractivity contribution < 1.29 is 13.2 Å². The summed E-state index contributed by atoms with van der Waals surface area (Å²) in [5.74, 6) is 0. The minimum Gasteiger partial charge on any atom is -0.308 e. The van der Waals surface area contributed by atoms with Gasteiger partial charge in [-0.3, -0.25) is 9.58 Å². The van der Waals surface area contributed by atoms with Gasteiger partial charge in [-0.15, -0.1) is 0 Å². The number of alkyl halides is 3. The van der Waals surface area contributed by atoms with Gasteiger partial charge in [0.2, 0.25) is 0 Å². The zero-order valence-corrected chi connectivity index (χ0v) is 11.0. The quantitative estimate of drug-likeness (QED) is 0.905. The SMILES string of the molecule is Cn1nccc1CNC1CCN(CC(F)(F)F)CC1. The summed E-state index contributed by atoms with van der Waals surface area (Å²) in [7, 11) is 1.88. The zero-order valence-electron chi connectivity index (χ0n) is 11.0. The van der Waals surface area contributed by atoms with Gasteiger partial charge in [0.05, 0.1) is 12.2 Å². The van der Waals surface area contributed by atoms with Gasteiger partial charge < -0.3 is 5.32 Å². The summed E-state index contributed by atoms with van der Waals surface area (Å²) in [6, 6.07) is 2.23. The van der Waals surface area contributed by atoms with Crippen molar-refractivity contribution >= 4 is 0 Å². The highest BCUT2D eigenvalue weighted by molar-refractivity contribution is 4.99. The summed E-state index contributed by atoms with van der Waals surface area (Å²) in [5.41, 5.74) is 1.08. The molecule has 2 heterocycles. The second-order valence-electron chi connectivity index (χ2n) is 4.99. The Bertz CT molecular complexity index is 394. The lowest BCUT2D eigenvalue weighted by molar-refractivity contribution is -0.148. The Kier molecular flexibility index (Phi) is 4.46. The molecule has 1 aliphatic rings. The number of rotatable bonds is 4. The van der Waals surface area contributed by atoms with Crippen LogP contribution in [0.25, 0.3) is 0 Å². The number of piperidine rings is 1. The van der Waals surface area contributed by atoms with E-state index in [1.165, 1.54) is 4.90 Å². The van der Waals surface area contributed by atoms with Crippen LogP contribution in [0.5, 0.6) is 0 Å². The van der Waals surface area contributed by atoms with E-state index in [-0.39, 0.29) is 0 Å². The molecule has 0 atom stereocenters. The summed E-state index contributed by atoms with van der Waals surface area (Å²) in [6.07, 6.45) is -0.834. The molecule has 1 aromatic heterocycles. The highest BCUT2D eigenvalue weighted by Crippen LogP contribution is 2.19. The summed E-state index contributed by atoms with van der Waals surface area (Å²) >= 11 is 0. The number of nitrogens with zero attached hydrogens (tertiary/aromatic N) is 3. The normalized spacial score (nSPS) is 18.9. The maximum atomic E-state index is 12.2. The predicted molar refractivity (Wildman–Crippen MR) is 65.6 cm³/mol. The molecule has 0 spiro atoms. The molecular formula is C12H19F3N4. The number of nitrogens with one attached hydrogen (secondary N) is 1. The van der Waals surface area contributed by atoms with E-state index < -0.39 is 12.7 Å². The molecule has 0 aliphatic carbocycles. The number of hydrogen-bond donors (Lipinski definition) is 1. The molecule has 0 saturated carbocycles. The average Bonchev–Trinajstić information content (AvgIpc) is 2.72. The van der Waals surface area contributed by atoms with E-state index in [0.717, 1.165) is 18.5 Å². The minimum absolute atomic E-state index is 0.291. The lowest BCUT2D eigenvalue weighted by Crippen LogP contribution is -2.45. The maximum absolute atomic E-state index is 12.2. The molecule has 4 nitrogen and oxygen atoms in total. The number of likely N-dealkylation sites (tertiary alicyclic amines) is 1. The molecule has 0 unspecified atom stereocenters. The van der Waals surface area contributed by atoms with Gasteiger partial charge in [-0.25, -0.2) is 0 Å². The van der Waals surface area contributed by atoms with Gasteiger partial charge in [0, 0.05) is 25.8 Å². The molecule has 1 aromatic rings. The van der Waals surface area contributed by atoms with Crippen LogP contribution >= 0.6 is 0 Å². The lowest BCUT2D eigenvalue weighted by Gasteiger charge is -2.32. The van der Waals surface area contributed by atoms with Crippen LogP contribution in [0.3, 0.4) is 0 Å². The van der Waals surface area contributed by atoms with Gasteiger partial charge in [0.1, 0.15) is 0 Å². The molecule has 1 aliphatic heterocycles. The topological polar surface area (TPSA) is 33.1 Å². The first-order valence-electron chi connectivity index (χ1n) is 6.43. The maximum Gasteiger partial charge on any atom is 0.401 e. The molecule has 0 radical (unpaired) electrons. The van der Waals surface area contributed by atoms with Crippen molar-refractivity contribution in [2.75, 3.05) is 19.6 Å². The third kappa shape index (κ3) is 4.50. The Morgan fingerprint density at radius 1 is 1.37 bits per heavy atom. The highest BCUT2D eigenvalue weighted by Gasteiger charge is 2.32. The van der Waals surface area contributed by atoms with E-state index in [4.69, 9.17) is 0 Å². The summed E-state index contributed by atoms with van der Waals surface area (Å²) < 4.78 is 38.5. The van der Waals surface area contributed by atoms with Crippen LogP contribution in [0.1, 0.15) is 18.5 Å². The first-order valence-corrected chi connectivity index (χ1v) is 6.43. The average molecular weight is 276 g/mol. The van der Waals surface area contributed by atoms with E-state index in [0.29, 0.717) is 25.7 Å². The van der Waals surface area contributed by atoms with Crippen molar-refractivity contribution in [3.05, 3.63) is 18.0 Å². The van der Waals surface area contributed by atoms with Gasteiger partial charge in [0.25, 0.3) is 0 Å². The Balaban J connectivity index is 1.70. The van der Waals surface area contributed by atoms with Crippen LogP contribution in [0.4, 0.5) is 13.2 Å². The zero-order chi connectivity index (χ0) is 13.9. The van der Waals surface area contributed by atoms with Gasteiger partial charge >= 0.3 is 6.18 Å². The van der Waals surface area contributed by atoms with Crippen molar-refractivity contribution in [2.24, 2.45) is 7.05 Å². The number of halogens is 3. The van der Waals surface area contributed by atoms with Gasteiger partial charge in [-0.1, -0.05) is 0 Å². The monoisotopic (exact) mass is 276 g/mol. The Morgan fingerprint density at radius 2 is 2.05 bits per heavy atom. The number of aromatic nitrogens is 2. The summed E-state index contributed by atoms with van der Waals surface area (Å²) in [6.45, 7) is 0.924. The Morgan fingerprint density at radius 3 is 2.58 bits per heavy atom. The highest BCUT2D eigenvalue weighted by atomic mass is 19.4. The molecule has 1 fully saturated rings. The second-order valence-corrected chi connectivity index (χ2v) is 4.99. The fourth-order valence-corrected chi connectivity index (χ4v) is 2.37. The van der Waals surface area contributed by atoms with E-state index in [9.17, 15) is 13.2 Å². The van der Waals surface area contributed by atoms with Gasteiger partial charge in [-0.2, -0.15) is 18.3 Å². The third-order valence-electron chi connectivity index (χ3n) is 3.48. The van der Waals surface area contributed by atoms with E-state index in [1.807, 2.05) is 13.1 Å². The fraction of sp³-hybridized carbons (Fsp3) is 0.750. The molecule has 1 saturated heterocycles. The molecule has 0 amide bonds. The smallest absolute Gasteiger partial charge is 0.308 e. The molecule has 0 aromatic carbocycles. The number of aryl methyl sites for hydroxylation is 1. The van der Waals surface area contributed by atoms with Crippen molar-refractivity contribution in [3.8, 4) is 0 Å². The molecule has 1 N–H and O–H groups in total. The second kappa shape index (κ2) is 5.92. The Hall–Kier alpha value is -1.08. The van der Waals surface area contributed by atoms with Crippen LogP contribution < -0.4 is 5.32 Å². The van der Waals surface area contributed by atoms with Crippen LogP contribution in [-0.4, -0.2) is 46.5 Å². The largest absolute Gasteiger partial charge is 0.401 e. The predicted octanol–water partition coefficient (Wildman–Crippen LogP) is 1.54. The van der Waals surface area contributed by atoms with Crippen molar-refractivity contribution in [2.45, 2.75) is 31.6 Å². The standard InChI is InChI=1S/C12H19F3N4/c1-18-11(2-5-17-18)8-16-10-3-6-19(7-4-10)9-12(13,14)15/h2,5,10,16H,3-4,6-9H2,1H3. The van der Waals surface area contributed by atoms with Crippen LogP contribution in [-0.2, 0) is 13.6 Å². The van der Waals surface area contributed by atoms with Gasteiger partial charge in [-0.05, 0) is 32.0 Å². The summed E-state index contributed by atoms with van der Waals surface area (Å²) in [5, 5.41) is 7.46. The van der Waals surface area contributed by atoms with Crippen LogP contribution in [0.2, 0.25) is 0 Å². The van der Waals surface area contributed by atoms with E-state index in [1.54, 1.807) is 10.9 Å². The van der Waals surface area contributed by atoms with Crippen LogP contribution in [0.15, 0.2) is 12.3 Å². The molecule has 2 rings (SSSR count). The molecular weight excluding hydrogens is 257 g/mol. The first kappa shape index (κ1) is 14.3.